The first kappa shape index (κ1) is 5.08. The monoisotopic (exact) mass is 113 g/mol. The SMILES string of the molecule is CC[n+]1cn(N)cn1. The van der Waals surface area contributed by atoms with Crippen LogP contribution in [0.1, 0.15) is 6.92 Å². The van der Waals surface area contributed by atoms with Crippen molar-refractivity contribution in [3.05, 3.63) is 12.7 Å². The van der Waals surface area contributed by atoms with Crippen molar-refractivity contribution in [2.75, 3.05) is 5.84 Å². The van der Waals surface area contributed by atoms with Crippen LogP contribution >= 0.6 is 0 Å². The lowest BCUT2D eigenvalue weighted by Gasteiger charge is -1.77. The first-order valence-corrected chi connectivity index (χ1v) is 2.51. The van der Waals surface area contributed by atoms with Crippen LogP contribution in [0.5, 0.6) is 0 Å². The lowest BCUT2D eigenvalue weighted by atomic mass is 10.8. The van der Waals surface area contributed by atoms with Gasteiger partial charge in [0.15, 0.2) is 0 Å². The Labute approximate surface area is 47.5 Å². The van der Waals surface area contributed by atoms with Crippen LogP contribution in [0.4, 0.5) is 0 Å². The molecular formula is C4H9N4+. The zero-order valence-electron chi connectivity index (χ0n) is 4.78. The molecule has 1 rings (SSSR count). The van der Waals surface area contributed by atoms with Gasteiger partial charge in [-0.3, -0.25) is 5.84 Å². The molecule has 4 nitrogen and oxygen atoms in total. The van der Waals surface area contributed by atoms with Crippen LogP contribution in [0.3, 0.4) is 0 Å². The van der Waals surface area contributed by atoms with E-state index in [-0.39, 0.29) is 0 Å². The maximum absolute atomic E-state index is 5.29. The van der Waals surface area contributed by atoms with Gasteiger partial charge in [-0.2, -0.15) is 0 Å². The summed E-state index contributed by atoms with van der Waals surface area (Å²) in [5.74, 6) is 5.29. The van der Waals surface area contributed by atoms with Gasteiger partial charge in [0, 0.05) is 0 Å². The minimum Gasteiger partial charge on any atom is -0.268 e. The Bertz CT molecular complexity index is 168. The van der Waals surface area contributed by atoms with Gasteiger partial charge in [0.2, 0.25) is 6.33 Å². The average Bonchev–Trinajstić information content (AvgIpc) is 2.14. The molecule has 0 fully saturated rings. The number of nitrogens with zero attached hydrogens (tertiary/aromatic N) is 3. The van der Waals surface area contributed by atoms with E-state index >= 15 is 0 Å². The third-order valence-electron chi connectivity index (χ3n) is 0.924. The molecule has 0 aliphatic rings. The van der Waals surface area contributed by atoms with Gasteiger partial charge in [0.05, 0.1) is 0 Å². The number of rotatable bonds is 1. The summed E-state index contributed by atoms with van der Waals surface area (Å²) >= 11 is 0. The third kappa shape index (κ3) is 0.776. The minimum absolute atomic E-state index is 0.865. The van der Waals surface area contributed by atoms with Crippen LogP contribution in [0.25, 0.3) is 0 Å². The van der Waals surface area contributed by atoms with E-state index in [4.69, 9.17) is 5.84 Å². The molecule has 0 bridgehead atoms. The van der Waals surface area contributed by atoms with Crippen LogP contribution in [-0.2, 0) is 6.54 Å². The van der Waals surface area contributed by atoms with E-state index in [1.807, 2.05) is 6.92 Å². The van der Waals surface area contributed by atoms with E-state index in [1.54, 1.807) is 17.3 Å². The summed E-state index contributed by atoms with van der Waals surface area (Å²) in [4.78, 5) is 0. The molecule has 0 aliphatic heterocycles. The molecule has 1 aromatic heterocycles. The van der Waals surface area contributed by atoms with Gasteiger partial charge in [0.25, 0.3) is 6.33 Å². The summed E-state index contributed by atoms with van der Waals surface area (Å²) in [6.07, 6.45) is 3.28. The highest BCUT2D eigenvalue weighted by Gasteiger charge is 1.95. The van der Waals surface area contributed by atoms with Crippen molar-refractivity contribution in [2.45, 2.75) is 13.5 Å². The molecular weight excluding hydrogens is 104 g/mol. The zero-order valence-corrected chi connectivity index (χ0v) is 4.78. The van der Waals surface area contributed by atoms with E-state index in [1.165, 1.54) is 4.68 Å². The summed E-state index contributed by atoms with van der Waals surface area (Å²) in [5, 5.41) is 3.89. The molecule has 1 heterocycles. The predicted octanol–water partition coefficient (Wildman–Crippen LogP) is -1.10. The molecule has 0 saturated heterocycles. The van der Waals surface area contributed by atoms with Gasteiger partial charge in [-0.1, -0.05) is 0 Å². The molecule has 0 spiro atoms. The number of aromatic nitrogens is 3. The summed E-state index contributed by atoms with van der Waals surface area (Å²) in [6.45, 7) is 2.87. The number of hydrogen-bond acceptors (Lipinski definition) is 2. The Morgan fingerprint density at radius 3 is 2.88 bits per heavy atom. The number of aryl methyl sites for hydroxylation is 1. The summed E-state index contributed by atoms with van der Waals surface area (Å²) in [6, 6.07) is 0. The lowest BCUT2D eigenvalue weighted by molar-refractivity contribution is -0.748. The van der Waals surface area contributed by atoms with E-state index in [9.17, 15) is 0 Å². The Morgan fingerprint density at radius 1 is 1.88 bits per heavy atom. The van der Waals surface area contributed by atoms with Crippen molar-refractivity contribution in [2.24, 2.45) is 0 Å². The van der Waals surface area contributed by atoms with E-state index in [2.05, 4.69) is 5.10 Å². The fourth-order valence-corrected chi connectivity index (χ4v) is 0.503. The Morgan fingerprint density at radius 2 is 2.62 bits per heavy atom. The first-order valence-electron chi connectivity index (χ1n) is 2.51. The van der Waals surface area contributed by atoms with Crippen LogP contribution in [-0.4, -0.2) is 9.77 Å². The maximum Gasteiger partial charge on any atom is 0.289 e. The lowest BCUT2D eigenvalue weighted by Crippen LogP contribution is -2.33. The van der Waals surface area contributed by atoms with Crippen molar-refractivity contribution < 1.29 is 4.68 Å². The second kappa shape index (κ2) is 1.81. The van der Waals surface area contributed by atoms with Crippen molar-refractivity contribution in [3.63, 3.8) is 0 Å². The normalized spacial score (nSPS) is 9.62. The second-order valence-electron chi connectivity index (χ2n) is 1.55. The fraction of sp³-hybridized carbons (Fsp3) is 0.500. The minimum atomic E-state index is 0.865. The highest BCUT2D eigenvalue weighted by Crippen LogP contribution is 1.64. The molecule has 0 unspecified atom stereocenters. The van der Waals surface area contributed by atoms with Gasteiger partial charge in [-0.15, -0.1) is 9.36 Å². The summed E-state index contributed by atoms with van der Waals surface area (Å²) < 4.78 is 3.17. The van der Waals surface area contributed by atoms with E-state index < -0.39 is 0 Å². The smallest absolute Gasteiger partial charge is 0.268 e. The van der Waals surface area contributed by atoms with Crippen LogP contribution in [0.15, 0.2) is 12.7 Å². The second-order valence-corrected chi connectivity index (χ2v) is 1.55. The molecule has 0 atom stereocenters. The molecule has 1 aromatic rings. The van der Waals surface area contributed by atoms with Crippen molar-refractivity contribution >= 4 is 0 Å². The first-order chi connectivity index (χ1) is 3.83. The van der Waals surface area contributed by atoms with Gasteiger partial charge in [0.1, 0.15) is 6.54 Å². The van der Waals surface area contributed by atoms with Gasteiger partial charge in [-0.25, -0.2) is 0 Å². The van der Waals surface area contributed by atoms with E-state index in [0.717, 1.165) is 6.54 Å². The van der Waals surface area contributed by atoms with Crippen LogP contribution in [0.2, 0.25) is 0 Å². The summed E-state index contributed by atoms with van der Waals surface area (Å²) in [7, 11) is 0. The maximum atomic E-state index is 5.29. The number of nitrogens with two attached hydrogens (primary N) is 1. The molecule has 0 amide bonds. The van der Waals surface area contributed by atoms with Gasteiger partial charge >= 0.3 is 0 Å². The third-order valence-corrected chi connectivity index (χ3v) is 0.924. The zero-order chi connectivity index (χ0) is 5.98. The van der Waals surface area contributed by atoms with Crippen molar-refractivity contribution in [3.8, 4) is 0 Å². The number of hydrogen-bond donors (Lipinski definition) is 1. The van der Waals surface area contributed by atoms with Crippen LogP contribution in [0, 0.1) is 0 Å². The van der Waals surface area contributed by atoms with Crippen LogP contribution < -0.4 is 10.5 Å². The Kier molecular flexibility index (Phi) is 1.15. The highest BCUT2D eigenvalue weighted by molar-refractivity contribution is 4.48. The quantitative estimate of drug-likeness (QED) is 0.371. The van der Waals surface area contributed by atoms with Gasteiger partial charge < -0.3 is 0 Å². The molecule has 4 heteroatoms. The average molecular weight is 113 g/mol. The molecule has 44 valence electrons. The molecule has 0 saturated carbocycles. The summed E-state index contributed by atoms with van der Waals surface area (Å²) in [5.41, 5.74) is 0. The highest BCUT2D eigenvalue weighted by atomic mass is 15.4. The molecule has 0 aromatic carbocycles. The standard InChI is InChI=1S/C4H9N4/c1-2-8-4-7(5)3-6-8/h3-4H,2,5H2,1H3/q+1. The van der Waals surface area contributed by atoms with Gasteiger partial charge in [-0.05, 0) is 12.0 Å². The van der Waals surface area contributed by atoms with Crippen molar-refractivity contribution in [1.29, 1.82) is 0 Å². The largest absolute Gasteiger partial charge is 0.289 e. The molecule has 0 aliphatic carbocycles. The molecule has 8 heavy (non-hydrogen) atoms. The number of nitrogen functional groups attached to an aromatic ring is 1. The van der Waals surface area contributed by atoms with Crippen molar-refractivity contribution in [1.82, 2.24) is 9.77 Å². The predicted molar refractivity (Wildman–Crippen MR) is 28.2 cm³/mol. The fourth-order valence-electron chi connectivity index (χ4n) is 0.503. The molecule has 2 N–H and O–H groups in total. The van der Waals surface area contributed by atoms with E-state index in [0.29, 0.717) is 0 Å². The molecule has 0 radical (unpaired) electrons. The topological polar surface area (TPSA) is 47.7 Å². The Hall–Kier alpha value is -1.06. The Balaban J connectivity index is 2.84.